The number of halogens is 3. The second-order valence-corrected chi connectivity index (χ2v) is 7.47. The van der Waals surface area contributed by atoms with Crippen molar-refractivity contribution < 1.29 is 22.9 Å². The summed E-state index contributed by atoms with van der Waals surface area (Å²) in [5.41, 5.74) is 0.618. The van der Waals surface area contributed by atoms with E-state index in [-0.39, 0.29) is 30.4 Å². The Morgan fingerprint density at radius 3 is 2.66 bits per heavy atom. The van der Waals surface area contributed by atoms with Crippen LogP contribution in [-0.4, -0.2) is 30.4 Å². The molecule has 0 aliphatic carbocycles. The van der Waals surface area contributed by atoms with Gasteiger partial charge in [-0.2, -0.15) is 23.4 Å². The van der Waals surface area contributed by atoms with Crippen molar-refractivity contribution in [2.75, 3.05) is 5.32 Å². The molecule has 2 heterocycles. The molecule has 1 unspecified atom stereocenters. The Morgan fingerprint density at radius 2 is 2.03 bits per heavy atom. The number of benzene rings is 1. The summed E-state index contributed by atoms with van der Waals surface area (Å²) in [5.74, 6) is -0.904. The lowest BCUT2D eigenvalue weighted by atomic mass is 10.1. The van der Waals surface area contributed by atoms with Crippen LogP contribution in [0.4, 0.5) is 24.5 Å². The number of rotatable bonds is 7. The molecule has 12 heteroatoms. The number of carbonyl (C=O) groups is 1. The van der Waals surface area contributed by atoms with Gasteiger partial charge in [-0.3, -0.25) is 24.3 Å². The fourth-order valence-electron chi connectivity index (χ4n) is 3.28. The van der Waals surface area contributed by atoms with Crippen LogP contribution >= 0.6 is 0 Å². The number of carbonyl (C=O) groups excluding carboxylic acids is 1. The van der Waals surface area contributed by atoms with Crippen molar-refractivity contribution in [2.45, 2.75) is 40.0 Å². The molecule has 0 spiro atoms. The average Bonchev–Trinajstić information content (AvgIpc) is 3.24. The normalized spacial score (nSPS) is 12.6. The third kappa shape index (κ3) is 5.13. The minimum Gasteiger partial charge on any atom is -0.323 e. The van der Waals surface area contributed by atoms with Gasteiger partial charge in [0.05, 0.1) is 41.4 Å². The van der Waals surface area contributed by atoms with Crippen molar-refractivity contribution in [1.82, 2.24) is 19.6 Å². The topological polar surface area (TPSA) is 108 Å². The minimum atomic E-state index is -4.43. The number of aromatic nitrogens is 4. The number of nitrogens with zero attached hydrogens (tertiary/aromatic N) is 5. The van der Waals surface area contributed by atoms with Crippen molar-refractivity contribution in [1.29, 1.82) is 0 Å². The van der Waals surface area contributed by atoms with Crippen molar-refractivity contribution >= 4 is 17.3 Å². The van der Waals surface area contributed by atoms with E-state index in [1.807, 2.05) is 0 Å². The zero-order valence-electron chi connectivity index (χ0n) is 17.6. The molecular weight excluding hydrogens is 429 g/mol. The highest BCUT2D eigenvalue weighted by molar-refractivity contribution is 5.92. The van der Waals surface area contributed by atoms with E-state index in [0.29, 0.717) is 16.9 Å². The van der Waals surface area contributed by atoms with Gasteiger partial charge in [-0.05, 0) is 31.5 Å². The molecule has 0 bridgehead atoms. The summed E-state index contributed by atoms with van der Waals surface area (Å²) in [5, 5.41) is 22.0. The first kappa shape index (κ1) is 23.0. The number of amides is 1. The molecule has 1 amide bonds. The lowest BCUT2D eigenvalue weighted by Gasteiger charge is -2.12. The Labute approximate surface area is 181 Å². The molecule has 170 valence electrons. The molecule has 3 aromatic rings. The number of aryl methyl sites for hydroxylation is 1. The Bertz CT molecular complexity index is 1150. The van der Waals surface area contributed by atoms with Crippen LogP contribution in [0.25, 0.3) is 0 Å². The molecule has 0 fully saturated rings. The third-order valence-electron chi connectivity index (χ3n) is 4.92. The Morgan fingerprint density at radius 1 is 1.31 bits per heavy atom. The zero-order chi connectivity index (χ0) is 23.6. The van der Waals surface area contributed by atoms with Gasteiger partial charge in [0.25, 0.3) is 0 Å². The van der Waals surface area contributed by atoms with Gasteiger partial charge in [0, 0.05) is 6.20 Å². The lowest BCUT2D eigenvalue weighted by molar-refractivity contribution is -0.386. The second-order valence-electron chi connectivity index (χ2n) is 7.47. The number of hydrogen-bond acceptors (Lipinski definition) is 5. The van der Waals surface area contributed by atoms with Crippen LogP contribution in [0.2, 0.25) is 0 Å². The van der Waals surface area contributed by atoms with Crippen LogP contribution in [0.3, 0.4) is 0 Å². The Kier molecular flexibility index (Phi) is 6.32. The SMILES string of the molecule is Cc1nn(CC(C)C(=O)Nc2cnn(Cc3cccc(C(F)(F)F)c3)c2)c(C)c1[N+](=O)[O-]. The largest absolute Gasteiger partial charge is 0.416 e. The van der Waals surface area contributed by atoms with Crippen LogP contribution in [-0.2, 0) is 24.1 Å². The fraction of sp³-hybridized carbons (Fsp3) is 0.350. The second kappa shape index (κ2) is 8.81. The van der Waals surface area contributed by atoms with E-state index in [1.54, 1.807) is 19.9 Å². The molecule has 0 saturated heterocycles. The Hall–Kier alpha value is -3.70. The molecule has 32 heavy (non-hydrogen) atoms. The quantitative estimate of drug-likeness (QED) is 0.433. The first-order valence-corrected chi connectivity index (χ1v) is 9.63. The van der Waals surface area contributed by atoms with E-state index in [9.17, 15) is 28.1 Å². The first-order chi connectivity index (χ1) is 15.0. The predicted molar refractivity (Wildman–Crippen MR) is 109 cm³/mol. The van der Waals surface area contributed by atoms with Gasteiger partial charge in [0.1, 0.15) is 11.4 Å². The summed E-state index contributed by atoms with van der Waals surface area (Å²) < 4.78 is 41.4. The highest BCUT2D eigenvalue weighted by Crippen LogP contribution is 2.29. The van der Waals surface area contributed by atoms with E-state index in [1.165, 1.54) is 34.7 Å². The van der Waals surface area contributed by atoms with E-state index >= 15 is 0 Å². The molecule has 0 aliphatic rings. The van der Waals surface area contributed by atoms with Gasteiger partial charge in [-0.25, -0.2) is 0 Å². The van der Waals surface area contributed by atoms with E-state index in [4.69, 9.17) is 0 Å². The zero-order valence-corrected chi connectivity index (χ0v) is 17.6. The van der Waals surface area contributed by atoms with Crippen molar-refractivity contribution in [3.63, 3.8) is 0 Å². The average molecular weight is 450 g/mol. The first-order valence-electron chi connectivity index (χ1n) is 9.63. The standard InChI is InChI=1S/C20H21F3N6O3/c1-12(9-28-14(3)18(29(31)32)13(2)26-28)19(30)25-17-8-24-27(11-17)10-15-5-4-6-16(7-15)20(21,22)23/h4-8,11-12H,9-10H2,1-3H3,(H,25,30). The maximum atomic E-state index is 12.9. The number of hydrogen-bond donors (Lipinski definition) is 1. The summed E-state index contributed by atoms with van der Waals surface area (Å²) in [6.07, 6.45) is -1.52. The molecule has 0 radical (unpaired) electrons. The molecule has 1 N–H and O–H groups in total. The van der Waals surface area contributed by atoms with Crippen LogP contribution in [0.5, 0.6) is 0 Å². The Balaban J connectivity index is 1.63. The van der Waals surface area contributed by atoms with Gasteiger partial charge in [0.15, 0.2) is 0 Å². The van der Waals surface area contributed by atoms with Crippen molar-refractivity contribution in [2.24, 2.45) is 5.92 Å². The summed E-state index contributed by atoms with van der Waals surface area (Å²) in [6, 6.07) is 4.94. The summed E-state index contributed by atoms with van der Waals surface area (Å²) in [4.78, 5) is 23.2. The molecule has 9 nitrogen and oxygen atoms in total. The number of alkyl halides is 3. The highest BCUT2D eigenvalue weighted by Gasteiger charge is 2.30. The summed E-state index contributed by atoms with van der Waals surface area (Å²) >= 11 is 0. The van der Waals surface area contributed by atoms with Crippen LogP contribution in [0, 0.1) is 29.9 Å². The smallest absolute Gasteiger partial charge is 0.323 e. The molecule has 2 aromatic heterocycles. The van der Waals surface area contributed by atoms with Gasteiger partial charge < -0.3 is 5.32 Å². The maximum absolute atomic E-state index is 12.9. The summed E-state index contributed by atoms with van der Waals surface area (Å²) in [7, 11) is 0. The predicted octanol–water partition coefficient (Wildman–Crippen LogP) is 3.95. The van der Waals surface area contributed by atoms with E-state index < -0.39 is 22.6 Å². The van der Waals surface area contributed by atoms with Gasteiger partial charge >= 0.3 is 11.9 Å². The van der Waals surface area contributed by atoms with E-state index in [2.05, 4.69) is 15.5 Å². The lowest BCUT2D eigenvalue weighted by Crippen LogP contribution is -2.25. The molecule has 0 aliphatic heterocycles. The van der Waals surface area contributed by atoms with Crippen LogP contribution < -0.4 is 5.32 Å². The van der Waals surface area contributed by atoms with Crippen LogP contribution in [0.1, 0.15) is 29.4 Å². The third-order valence-corrected chi connectivity index (χ3v) is 4.92. The van der Waals surface area contributed by atoms with Gasteiger partial charge in [-0.15, -0.1) is 0 Å². The highest BCUT2D eigenvalue weighted by atomic mass is 19.4. The fourth-order valence-corrected chi connectivity index (χ4v) is 3.28. The summed E-state index contributed by atoms with van der Waals surface area (Å²) in [6.45, 7) is 5.01. The number of nitro groups is 1. The monoisotopic (exact) mass is 450 g/mol. The molecule has 1 aromatic carbocycles. The number of nitrogens with one attached hydrogen (secondary N) is 1. The van der Waals surface area contributed by atoms with Crippen LogP contribution in [0.15, 0.2) is 36.7 Å². The minimum absolute atomic E-state index is 0.0755. The van der Waals surface area contributed by atoms with Crippen molar-refractivity contribution in [3.05, 3.63) is 69.3 Å². The molecule has 0 saturated carbocycles. The van der Waals surface area contributed by atoms with Gasteiger partial charge in [-0.1, -0.05) is 19.1 Å². The molecule has 1 atom stereocenters. The van der Waals surface area contributed by atoms with Crippen molar-refractivity contribution in [3.8, 4) is 0 Å². The van der Waals surface area contributed by atoms with Gasteiger partial charge in [0.2, 0.25) is 5.91 Å². The maximum Gasteiger partial charge on any atom is 0.416 e. The molecular formula is C20H21F3N6O3. The van der Waals surface area contributed by atoms with E-state index in [0.717, 1.165) is 12.1 Å². The molecule has 3 rings (SSSR count). The number of anilines is 1.